The second-order valence-electron chi connectivity index (χ2n) is 7.70. The van der Waals surface area contributed by atoms with Crippen LogP contribution >= 0.6 is 0 Å². The van der Waals surface area contributed by atoms with Crippen molar-refractivity contribution in [1.29, 1.82) is 0 Å². The van der Waals surface area contributed by atoms with Crippen molar-refractivity contribution in [2.45, 2.75) is 59.7 Å². The fraction of sp³-hybridized carbons (Fsp3) is 0.550. The molecule has 0 saturated carbocycles. The number of rotatable bonds is 7. The summed E-state index contributed by atoms with van der Waals surface area (Å²) >= 11 is 0. The molecule has 0 amide bonds. The molecule has 0 spiro atoms. The molecule has 2 aromatic rings. The Bertz CT molecular complexity index is 661. The molecule has 0 aliphatic heterocycles. The predicted molar refractivity (Wildman–Crippen MR) is 97.7 cm³/mol. The molecular weight excluding hydrogens is 302 g/mol. The number of hydrogen-bond donors (Lipinski definition) is 1. The van der Waals surface area contributed by atoms with E-state index in [9.17, 15) is 5.11 Å². The average molecular weight is 331 g/mol. The first kappa shape index (κ1) is 18.5. The van der Waals surface area contributed by atoms with E-state index in [1.54, 1.807) is 0 Å². The minimum Gasteiger partial charge on any atom is -0.490 e. The minimum absolute atomic E-state index is 0.0901. The highest BCUT2D eigenvalue weighted by atomic mass is 16.5. The van der Waals surface area contributed by atoms with Gasteiger partial charge >= 0.3 is 0 Å². The zero-order chi connectivity index (χ0) is 17.7. The molecule has 1 N–H and O–H groups in total. The molecule has 1 atom stereocenters. The Morgan fingerprint density at radius 3 is 2.54 bits per heavy atom. The van der Waals surface area contributed by atoms with Crippen LogP contribution in [-0.2, 0) is 0 Å². The van der Waals surface area contributed by atoms with E-state index in [-0.39, 0.29) is 11.5 Å². The third-order valence-electron chi connectivity index (χ3n) is 3.68. The van der Waals surface area contributed by atoms with E-state index >= 15 is 0 Å². The Balaban J connectivity index is 2.04. The molecule has 4 nitrogen and oxygen atoms in total. The number of nitrogens with zero attached hydrogens (tertiary/aromatic N) is 1. The Kier molecular flexibility index (Phi) is 6.05. The maximum absolute atomic E-state index is 10.1. The quantitative estimate of drug-likeness (QED) is 0.806. The highest BCUT2D eigenvalue weighted by Crippen LogP contribution is 2.27. The van der Waals surface area contributed by atoms with Gasteiger partial charge in [0.05, 0.1) is 17.7 Å². The minimum atomic E-state index is -0.462. The summed E-state index contributed by atoms with van der Waals surface area (Å²) in [7, 11) is 0. The van der Waals surface area contributed by atoms with Gasteiger partial charge < -0.3 is 14.6 Å². The molecule has 4 heteroatoms. The largest absolute Gasteiger partial charge is 0.490 e. The summed E-state index contributed by atoms with van der Waals surface area (Å²) in [6.45, 7) is 10.8. The first-order chi connectivity index (χ1) is 11.2. The number of aliphatic hydroxyl groups excluding tert-OH is 1. The number of fused-ring (bicyclic) bond motifs is 1. The summed E-state index contributed by atoms with van der Waals surface area (Å²) in [4.78, 5) is 4.51. The lowest BCUT2D eigenvalue weighted by molar-refractivity contribution is 0.0896. The van der Waals surface area contributed by atoms with Gasteiger partial charge in [-0.25, -0.2) is 4.98 Å². The van der Waals surface area contributed by atoms with Crippen LogP contribution < -0.4 is 9.47 Å². The summed E-state index contributed by atoms with van der Waals surface area (Å²) in [5.74, 6) is 1.35. The van der Waals surface area contributed by atoms with Crippen molar-refractivity contribution in [3.8, 4) is 11.6 Å². The molecule has 24 heavy (non-hydrogen) atoms. The van der Waals surface area contributed by atoms with E-state index in [0.29, 0.717) is 12.5 Å². The van der Waals surface area contributed by atoms with Gasteiger partial charge in [0.1, 0.15) is 12.4 Å². The van der Waals surface area contributed by atoms with Crippen molar-refractivity contribution in [2.75, 3.05) is 6.61 Å². The molecule has 0 aliphatic rings. The van der Waals surface area contributed by atoms with Gasteiger partial charge in [0.2, 0.25) is 5.88 Å². The molecular formula is C20H29NO3. The monoisotopic (exact) mass is 331 g/mol. The standard InChI is InChI=1S/C20H29NO3/c1-14(2)24-19-10-9-16-17(21-19)7-6-8-18(16)23-13-15(22)11-12-20(3,4)5/h6-10,14-15,22H,11-13H2,1-5H3. The second kappa shape index (κ2) is 7.84. The fourth-order valence-corrected chi connectivity index (χ4v) is 2.41. The Morgan fingerprint density at radius 1 is 1.12 bits per heavy atom. The maximum Gasteiger partial charge on any atom is 0.214 e. The van der Waals surface area contributed by atoms with Crippen LogP contribution in [0.1, 0.15) is 47.5 Å². The maximum atomic E-state index is 10.1. The number of aromatic nitrogens is 1. The van der Waals surface area contributed by atoms with Gasteiger partial charge in [-0.15, -0.1) is 0 Å². The molecule has 132 valence electrons. The van der Waals surface area contributed by atoms with Crippen molar-refractivity contribution in [2.24, 2.45) is 5.41 Å². The Labute approximate surface area is 144 Å². The topological polar surface area (TPSA) is 51.6 Å². The number of benzene rings is 1. The van der Waals surface area contributed by atoms with E-state index in [4.69, 9.17) is 9.47 Å². The third-order valence-corrected chi connectivity index (χ3v) is 3.68. The third kappa shape index (κ3) is 5.68. The number of aliphatic hydroxyl groups is 1. The summed E-state index contributed by atoms with van der Waals surface area (Å²) in [5, 5.41) is 11.1. The van der Waals surface area contributed by atoms with Crippen molar-refractivity contribution >= 4 is 10.9 Å². The van der Waals surface area contributed by atoms with Crippen LogP contribution in [-0.4, -0.2) is 28.9 Å². The normalized spacial score (nSPS) is 13.3. The van der Waals surface area contributed by atoms with Crippen molar-refractivity contribution in [1.82, 2.24) is 4.98 Å². The van der Waals surface area contributed by atoms with Crippen LogP contribution in [0.2, 0.25) is 0 Å². The van der Waals surface area contributed by atoms with Crippen molar-refractivity contribution < 1.29 is 14.6 Å². The van der Waals surface area contributed by atoms with E-state index in [1.165, 1.54) is 0 Å². The van der Waals surface area contributed by atoms with Crippen molar-refractivity contribution in [3.63, 3.8) is 0 Å². The predicted octanol–water partition coefficient (Wildman–Crippen LogP) is 4.59. The fourth-order valence-electron chi connectivity index (χ4n) is 2.41. The molecule has 0 fully saturated rings. The lowest BCUT2D eigenvalue weighted by atomic mass is 9.89. The van der Waals surface area contributed by atoms with E-state index < -0.39 is 6.10 Å². The molecule has 1 unspecified atom stereocenters. The van der Waals surface area contributed by atoms with Gasteiger partial charge in [-0.1, -0.05) is 26.8 Å². The van der Waals surface area contributed by atoms with Crippen LogP contribution in [0, 0.1) is 5.41 Å². The summed E-state index contributed by atoms with van der Waals surface area (Å²) in [5.41, 5.74) is 1.05. The Hall–Kier alpha value is -1.81. The molecule has 1 aromatic carbocycles. The smallest absolute Gasteiger partial charge is 0.214 e. The Morgan fingerprint density at radius 2 is 1.88 bits per heavy atom. The first-order valence-corrected chi connectivity index (χ1v) is 8.62. The first-order valence-electron chi connectivity index (χ1n) is 8.62. The summed E-state index contributed by atoms with van der Waals surface area (Å²) in [6, 6.07) is 9.56. The lowest BCUT2D eigenvalue weighted by Gasteiger charge is -2.20. The number of hydrogen-bond acceptors (Lipinski definition) is 4. The van der Waals surface area contributed by atoms with Gasteiger partial charge in [0.15, 0.2) is 0 Å². The van der Waals surface area contributed by atoms with E-state index in [0.717, 1.165) is 29.5 Å². The van der Waals surface area contributed by atoms with Crippen molar-refractivity contribution in [3.05, 3.63) is 30.3 Å². The van der Waals surface area contributed by atoms with Crippen LogP contribution in [0.4, 0.5) is 0 Å². The van der Waals surface area contributed by atoms with Gasteiger partial charge in [-0.2, -0.15) is 0 Å². The van der Waals surface area contributed by atoms with E-state index in [2.05, 4.69) is 25.8 Å². The van der Waals surface area contributed by atoms with Crippen LogP contribution in [0.15, 0.2) is 30.3 Å². The SMILES string of the molecule is CC(C)Oc1ccc2c(OCC(O)CCC(C)(C)C)cccc2n1. The number of pyridine rings is 1. The second-order valence-corrected chi connectivity index (χ2v) is 7.70. The van der Waals surface area contributed by atoms with Crippen LogP contribution in [0.3, 0.4) is 0 Å². The molecule has 1 aromatic heterocycles. The van der Waals surface area contributed by atoms with Crippen LogP contribution in [0.5, 0.6) is 11.6 Å². The average Bonchev–Trinajstić information content (AvgIpc) is 2.49. The zero-order valence-electron chi connectivity index (χ0n) is 15.4. The lowest BCUT2D eigenvalue weighted by Crippen LogP contribution is -2.20. The van der Waals surface area contributed by atoms with Gasteiger partial charge in [0.25, 0.3) is 0 Å². The zero-order valence-corrected chi connectivity index (χ0v) is 15.4. The molecule has 0 bridgehead atoms. The molecule has 0 aliphatic carbocycles. The van der Waals surface area contributed by atoms with Crippen LogP contribution in [0.25, 0.3) is 10.9 Å². The summed E-state index contributed by atoms with van der Waals surface area (Å²) < 4.78 is 11.5. The van der Waals surface area contributed by atoms with Gasteiger partial charge in [0, 0.05) is 11.5 Å². The molecule has 0 saturated heterocycles. The highest BCUT2D eigenvalue weighted by molar-refractivity contribution is 5.85. The van der Waals surface area contributed by atoms with Gasteiger partial charge in [-0.05, 0) is 50.3 Å². The van der Waals surface area contributed by atoms with E-state index in [1.807, 2.05) is 44.2 Å². The number of ether oxygens (including phenoxy) is 2. The molecule has 1 heterocycles. The summed E-state index contributed by atoms with van der Waals surface area (Å²) in [6.07, 6.45) is 1.33. The molecule has 0 radical (unpaired) electrons. The van der Waals surface area contributed by atoms with Gasteiger partial charge in [-0.3, -0.25) is 0 Å². The molecule has 2 rings (SSSR count). The highest BCUT2D eigenvalue weighted by Gasteiger charge is 2.14.